The van der Waals surface area contributed by atoms with Gasteiger partial charge >= 0.3 is 0 Å². The summed E-state index contributed by atoms with van der Waals surface area (Å²) in [5.41, 5.74) is 1.01. The summed E-state index contributed by atoms with van der Waals surface area (Å²) in [6.07, 6.45) is 0.625. The molecule has 0 radical (unpaired) electrons. The van der Waals surface area contributed by atoms with E-state index in [9.17, 15) is 0 Å². The van der Waals surface area contributed by atoms with Gasteiger partial charge < -0.3 is 9.26 Å². The van der Waals surface area contributed by atoms with Crippen LogP contribution in [0.1, 0.15) is 38.0 Å². The molecule has 1 heterocycles. The summed E-state index contributed by atoms with van der Waals surface area (Å²) in [6, 6.07) is 7.86. The SMILES string of the molecule is COc1cccc(Cc2nc(C(C)(C)C)no2)c1. The Labute approximate surface area is 107 Å². The second kappa shape index (κ2) is 4.80. The summed E-state index contributed by atoms with van der Waals surface area (Å²) in [7, 11) is 1.66. The Morgan fingerprint density at radius 3 is 2.67 bits per heavy atom. The van der Waals surface area contributed by atoms with Crippen LogP contribution in [0.2, 0.25) is 0 Å². The molecule has 0 fully saturated rings. The van der Waals surface area contributed by atoms with Crippen LogP contribution in [0, 0.1) is 0 Å². The number of nitrogens with zero attached hydrogens (tertiary/aromatic N) is 2. The number of benzene rings is 1. The van der Waals surface area contributed by atoms with Crippen LogP contribution in [0.25, 0.3) is 0 Å². The van der Waals surface area contributed by atoms with Crippen molar-refractivity contribution in [3.8, 4) is 5.75 Å². The fourth-order valence-corrected chi connectivity index (χ4v) is 1.59. The van der Waals surface area contributed by atoms with Gasteiger partial charge in [0.15, 0.2) is 5.82 Å². The second-order valence-corrected chi connectivity index (χ2v) is 5.29. The Balaban J connectivity index is 2.16. The smallest absolute Gasteiger partial charge is 0.231 e. The molecule has 0 saturated carbocycles. The molecule has 0 spiro atoms. The summed E-state index contributed by atoms with van der Waals surface area (Å²) in [5, 5.41) is 4.01. The molecule has 0 unspecified atom stereocenters. The fourth-order valence-electron chi connectivity index (χ4n) is 1.59. The summed E-state index contributed by atoms with van der Waals surface area (Å²) in [4.78, 5) is 4.41. The number of rotatable bonds is 3. The highest BCUT2D eigenvalue weighted by Crippen LogP contribution is 2.20. The van der Waals surface area contributed by atoms with Gasteiger partial charge in [-0.25, -0.2) is 0 Å². The zero-order valence-electron chi connectivity index (χ0n) is 11.2. The van der Waals surface area contributed by atoms with Crippen molar-refractivity contribution in [3.63, 3.8) is 0 Å². The minimum absolute atomic E-state index is 0.0872. The molecule has 2 aromatic rings. The third kappa shape index (κ3) is 2.88. The molecule has 1 aromatic heterocycles. The van der Waals surface area contributed by atoms with E-state index in [0.717, 1.165) is 17.1 Å². The first kappa shape index (κ1) is 12.6. The van der Waals surface area contributed by atoms with E-state index in [0.29, 0.717) is 12.3 Å². The predicted octanol–water partition coefficient (Wildman–Crippen LogP) is 2.97. The number of ether oxygens (including phenoxy) is 1. The molecule has 0 aliphatic carbocycles. The highest BCUT2D eigenvalue weighted by Gasteiger charge is 2.20. The molecule has 1 aromatic carbocycles. The molecular formula is C14H18N2O2. The quantitative estimate of drug-likeness (QED) is 0.835. The van der Waals surface area contributed by atoms with Crippen molar-refractivity contribution in [1.82, 2.24) is 10.1 Å². The molecule has 0 N–H and O–H groups in total. The zero-order valence-corrected chi connectivity index (χ0v) is 11.2. The monoisotopic (exact) mass is 246 g/mol. The van der Waals surface area contributed by atoms with Gasteiger partial charge in [0.05, 0.1) is 13.5 Å². The molecule has 18 heavy (non-hydrogen) atoms. The average molecular weight is 246 g/mol. The predicted molar refractivity (Wildman–Crippen MR) is 68.8 cm³/mol. The van der Waals surface area contributed by atoms with Crippen molar-refractivity contribution >= 4 is 0 Å². The molecule has 4 heteroatoms. The van der Waals surface area contributed by atoms with Crippen LogP contribution in [0.5, 0.6) is 5.75 Å². The highest BCUT2D eigenvalue weighted by atomic mass is 16.5. The molecule has 4 nitrogen and oxygen atoms in total. The Morgan fingerprint density at radius 2 is 2.06 bits per heavy atom. The van der Waals surface area contributed by atoms with Gasteiger partial charge in [-0.2, -0.15) is 4.98 Å². The maximum absolute atomic E-state index is 5.27. The lowest BCUT2D eigenvalue weighted by Gasteiger charge is -2.10. The lowest BCUT2D eigenvalue weighted by Crippen LogP contribution is -2.13. The fraction of sp³-hybridized carbons (Fsp3) is 0.429. The van der Waals surface area contributed by atoms with Crippen LogP contribution in [0.4, 0.5) is 0 Å². The van der Waals surface area contributed by atoms with Crippen molar-refractivity contribution in [2.75, 3.05) is 7.11 Å². The summed E-state index contributed by atoms with van der Waals surface area (Å²) in [6.45, 7) is 6.19. The zero-order chi connectivity index (χ0) is 13.2. The molecule has 0 aliphatic rings. The van der Waals surface area contributed by atoms with Crippen LogP contribution in [0.15, 0.2) is 28.8 Å². The van der Waals surface area contributed by atoms with E-state index < -0.39 is 0 Å². The van der Waals surface area contributed by atoms with E-state index in [1.165, 1.54) is 0 Å². The third-order valence-corrected chi connectivity index (χ3v) is 2.63. The minimum atomic E-state index is -0.0872. The first-order valence-corrected chi connectivity index (χ1v) is 5.95. The van der Waals surface area contributed by atoms with Gasteiger partial charge in [0.25, 0.3) is 0 Å². The van der Waals surface area contributed by atoms with Crippen LogP contribution < -0.4 is 4.74 Å². The van der Waals surface area contributed by atoms with Crippen LogP contribution >= 0.6 is 0 Å². The third-order valence-electron chi connectivity index (χ3n) is 2.63. The van der Waals surface area contributed by atoms with Gasteiger partial charge in [-0.15, -0.1) is 0 Å². The first-order valence-electron chi connectivity index (χ1n) is 5.95. The standard InChI is InChI=1S/C14H18N2O2/c1-14(2,3)13-15-12(18-16-13)9-10-6-5-7-11(8-10)17-4/h5-8H,9H2,1-4H3. The molecular weight excluding hydrogens is 228 g/mol. The lowest BCUT2D eigenvalue weighted by atomic mass is 9.96. The van der Waals surface area contributed by atoms with E-state index in [1.807, 2.05) is 24.3 Å². The highest BCUT2D eigenvalue weighted by molar-refractivity contribution is 5.29. The summed E-state index contributed by atoms with van der Waals surface area (Å²) < 4.78 is 10.5. The molecule has 0 saturated heterocycles. The Hall–Kier alpha value is -1.84. The van der Waals surface area contributed by atoms with Gasteiger partial charge in [0, 0.05) is 5.41 Å². The van der Waals surface area contributed by atoms with E-state index >= 15 is 0 Å². The average Bonchev–Trinajstić information content (AvgIpc) is 2.77. The van der Waals surface area contributed by atoms with Crippen LogP contribution in [-0.4, -0.2) is 17.3 Å². The van der Waals surface area contributed by atoms with Gasteiger partial charge in [0.2, 0.25) is 5.89 Å². The van der Waals surface area contributed by atoms with Crippen molar-refractivity contribution in [2.24, 2.45) is 0 Å². The van der Waals surface area contributed by atoms with E-state index in [-0.39, 0.29) is 5.41 Å². The van der Waals surface area contributed by atoms with Gasteiger partial charge in [0.1, 0.15) is 5.75 Å². The van der Waals surface area contributed by atoms with Crippen molar-refractivity contribution in [3.05, 3.63) is 41.5 Å². The van der Waals surface area contributed by atoms with Gasteiger partial charge in [-0.1, -0.05) is 38.1 Å². The van der Waals surface area contributed by atoms with E-state index in [1.54, 1.807) is 7.11 Å². The second-order valence-electron chi connectivity index (χ2n) is 5.29. The maximum Gasteiger partial charge on any atom is 0.231 e. The first-order chi connectivity index (χ1) is 8.49. The van der Waals surface area contributed by atoms with Crippen LogP contribution in [0.3, 0.4) is 0 Å². The number of methoxy groups -OCH3 is 1. The number of hydrogen-bond acceptors (Lipinski definition) is 4. The van der Waals surface area contributed by atoms with Gasteiger partial charge in [-0.3, -0.25) is 0 Å². The lowest BCUT2D eigenvalue weighted by molar-refractivity contribution is 0.368. The molecule has 0 amide bonds. The number of hydrogen-bond donors (Lipinski definition) is 0. The molecule has 0 aliphatic heterocycles. The van der Waals surface area contributed by atoms with Crippen LogP contribution in [-0.2, 0) is 11.8 Å². The van der Waals surface area contributed by atoms with Gasteiger partial charge in [-0.05, 0) is 17.7 Å². The summed E-state index contributed by atoms with van der Waals surface area (Å²) in [5.74, 6) is 2.21. The van der Waals surface area contributed by atoms with E-state index in [4.69, 9.17) is 9.26 Å². The Bertz CT molecular complexity index is 527. The maximum atomic E-state index is 5.27. The van der Waals surface area contributed by atoms with E-state index in [2.05, 4.69) is 30.9 Å². The molecule has 0 atom stereocenters. The Morgan fingerprint density at radius 1 is 1.28 bits per heavy atom. The van der Waals surface area contributed by atoms with Crippen molar-refractivity contribution < 1.29 is 9.26 Å². The van der Waals surface area contributed by atoms with Crippen molar-refractivity contribution in [1.29, 1.82) is 0 Å². The molecule has 0 bridgehead atoms. The normalized spacial score (nSPS) is 11.6. The van der Waals surface area contributed by atoms with Crippen molar-refractivity contribution in [2.45, 2.75) is 32.6 Å². The topological polar surface area (TPSA) is 48.2 Å². The summed E-state index contributed by atoms with van der Waals surface area (Å²) >= 11 is 0. The Kier molecular flexibility index (Phi) is 3.36. The molecule has 2 rings (SSSR count). The minimum Gasteiger partial charge on any atom is -0.497 e. The largest absolute Gasteiger partial charge is 0.497 e. The number of aromatic nitrogens is 2. The molecule has 96 valence electrons.